The molecule has 4 heteroatoms. The van der Waals surface area contributed by atoms with Crippen LogP contribution >= 0.6 is 0 Å². The molecule has 4 nitrogen and oxygen atoms in total. The number of rotatable bonds is 9. The number of carbonyl (C=O) groups is 1. The van der Waals surface area contributed by atoms with Crippen molar-refractivity contribution in [3.8, 4) is 5.75 Å². The topological polar surface area (TPSA) is 47.6 Å². The van der Waals surface area contributed by atoms with E-state index >= 15 is 0 Å². The van der Waals surface area contributed by atoms with Crippen molar-refractivity contribution in [3.05, 3.63) is 59.7 Å². The van der Waals surface area contributed by atoms with E-state index in [2.05, 4.69) is 5.32 Å². The lowest BCUT2D eigenvalue weighted by molar-refractivity contribution is -0.120. The van der Waals surface area contributed by atoms with Gasteiger partial charge in [0.25, 0.3) is 0 Å². The molecule has 0 aromatic heterocycles. The molecular formula is C20H25NO3. The van der Waals surface area contributed by atoms with Crippen molar-refractivity contribution in [3.63, 3.8) is 0 Å². The van der Waals surface area contributed by atoms with Gasteiger partial charge in [-0.1, -0.05) is 24.3 Å². The number of hydrogen-bond acceptors (Lipinski definition) is 3. The minimum absolute atomic E-state index is 0.0761. The molecule has 0 radical (unpaired) electrons. The summed E-state index contributed by atoms with van der Waals surface area (Å²) in [5.74, 6) is 0.769. The molecule has 2 rings (SSSR count). The predicted molar refractivity (Wildman–Crippen MR) is 96.5 cm³/mol. The van der Waals surface area contributed by atoms with E-state index in [0.29, 0.717) is 13.2 Å². The first-order valence-electron chi connectivity index (χ1n) is 8.27. The van der Waals surface area contributed by atoms with E-state index in [4.69, 9.17) is 9.47 Å². The van der Waals surface area contributed by atoms with Gasteiger partial charge in [0.05, 0.1) is 6.61 Å². The lowest BCUT2D eigenvalue weighted by atomic mass is 10.2. The minimum atomic E-state index is -0.128. The van der Waals surface area contributed by atoms with Crippen LogP contribution in [0.2, 0.25) is 0 Å². The highest BCUT2D eigenvalue weighted by molar-refractivity contribution is 5.91. The Morgan fingerprint density at radius 2 is 1.67 bits per heavy atom. The quantitative estimate of drug-likeness (QED) is 0.705. The number of hydrogen-bond donors (Lipinski definition) is 1. The van der Waals surface area contributed by atoms with E-state index < -0.39 is 0 Å². The fourth-order valence-corrected chi connectivity index (χ4v) is 2.29. The Kier molecular flexibility index (Phi) is 7.30. The van der Waals surface area contributed by atoms with Crippen LogP contribution < -0.4 is 10.1 Å². The highest BCUT2D eigenvalue weighted by Gasteiger charge is 2.02. The second kappa shape index (κ2) is 9.73. The average molecular weight is 327 g/mol. The number of nitrogens with one attached hydrogen (secondary N) is 1. The third-order valence-corrected chi connectivity index (χ3v) is 3.48. The third kappa shape index (κ3) is 6.84. The molecule has 0 atom stereocenters. The monoisotopic (exact) mass is 327 g/mol. The molecule has 0 unspecified atom stereocenters. The van der Waals surface area contributed by atoms with Crippen LogP contribution in [0.3, 0.4) is 0 Å². The lowest BCUT2D eigenvalue weighted by Crippen LogP contribution is -2.18. The van der Waals surface area contributed by atoms with Crippen molar-refractivity contribution in [2.75, 3.05) is 25.1 Å². The molecule has 2 aromatic rings. The van der Waals surface area contributed by atoms with Crippen LogP contribution in [-0.2, 0) is 9.53 Å². The van der Waals surface area contributed by atoms with Crippen LogP contribution in [0.5, 0.6) is 5.75 Å². The van der Waals surface area contributed by atoms with Crippen LogP contribution in [0.15, 0.2) is 48.5 Å². The maximum Gasteiger partial charge on any atom is 0.250 e. The Morgan fingerprint density at radius 1 is 0.958 bits per heavy atom. The van der Waals surface area contributed by atoms with Crippen molar-refractivity contribution < 1.29 is 14.3 Å². The predicted octanol–water partition coefficient (Wildman–Crippen LogP) is 4.12. The Labute approximate surface area is 143 Å². The molecule has 0 aliphatic heterocycles. The highest BCUT2D eigenvalue weighted by Crippen LogP contribution is 2.12. The van der Waals surface area contributed by atoms with Crippen LogP contribution in [0.25, 0.3) is 0 Å². The van der Waals surface area contributed by atoms with Gasteiger partial charge in [-0.15, -0.1) is 0 Å². The van der Waals surface area contributed by atoms with E-state index in [9.17, 15) is 4.79 Å². The Morgan fingerprint density at radius 3 is 2.42 bits per heavy atom. The molecule has 1 N–H and O–H groups in total. The average Bonchev–Trinajstić information content (AvgIpc) is 2.54. The van der Waals surface area contributed by atoms with Gasteiger partial charge in [-0.05, 0) is 62.1 Å². The molecular weight excluding hydrogens is 302 g/mol. The molecule has 0 aliphatic rings. The molecule has 2 aromatic carbocycles. The minimum Gasteiger partial charge on any atom is -0.494 e. The lowest BCUT2D eigenvalue weighted by Gasteiger charge is -2.08. The second-order valence-electron chi connectivity index (χ2n) is 5.84. The molecule has 0 saturated heterocycles. The van der Waals surface area contributed by atoms with Crippen LogP contribution in [-0.4, -0.2) is 25.7 Å². The molecule has 0 heterocycles. The Balaban J connectivity index is 1.52. The van der Waals surface area contributed by atoms with E-state index in [1.807, 2.05) is 62.4 Å². The van der Waals surface area contributed by atoms with Gasteiger partial charge in [0, 0.05) is 12.3 Å². The smallest absolute Gasteiger partial charge is 0.250 e. The number of ether oxygens (including phenoxy) is 2. The van der Waals surface area contributed by atoms with Crippen LogP contribution in [0, 0.1) is 13.8 Å². The number of amides is 1. The van der Waals surface area contributed by atoms with E-state index in [-0.39, 0.29) is 12.5 Å². The first-order valence-corrected chi connectivity index (χ1v) is 8.27. The number of unbranched alkanes of at least 4 members (excludes halogenated alkanes) is 1. The summed E-state index contributed by atoms with van der Waals surface area (Å²) in [6.45, 7) is 5.32. The van der Waals surface area contributed by atoms with Gasteiger partial charge in [-0.3, -0.25) is 4.79 Å². The summed E-state index contributed by atoms with van der Waals surface area (Å²) < 4.78 is 11.1. The third-order valence-electron chi connectivity index (χ3n) is 3.48. The molecule has 1 amide bonds. The zero-order valence-electron chi connectivity index (χ0n) is 14.4. The maximum absolute atomic E-state index is 11.8. The zero-order chi connectivity index (χ0) is 17.2. The van der Waals surface area contributed by atoms with E-state index in [1.165, 1.54) is 5.56 Å². The number of carbonyl (C=O) groups excluding carboxylic acids is 1. The van der Waals surface area contributed by atoms with E-state index in [1.54, 1.807) is 0 Å². The maximum atomic E-state index is 11.8. The van der Waals surface area contributed by atoms with Gasteiger partial charge in [-0.25, -0.2) is 0 Å². The van der Waals surface area contributed by atoms with Crippen molar-refractivity contribution in [2.24, 2.45) is 0 Å². The summed E-state index contributed by atoms with van der Waals surface area (Å²) in [4.78, 5) is 11.8. The Hall–Kier alpha value is -2.33. The fraction of sp³-hybridized carbons (Fsp3) is 0.350. The first-order chi connectivity index (χ1) is 11.6. The van der Waals surface area contributed by atoms with Gasteiger partial charge in [-0.2, -0.15) is 0 Å². The van der Waals surface area contributed by atoms with Crippen LogP contribution in [0.4, 0.5) is 5.69 Å². The number of anilines is 1. The normalized spacial score (nSPS) is 10.4. The fourth-order valence-electron chi connectivity index (χ4n) is 2.29. The van der Waals surface area contributed by atoms with Gasteiger partial charge >= 0.3 is 0 Å². The summed E-state index contributed by atoms with van der Waals surface area (Å²) in [7, 11) is 0. The summed E-state index contributed by atoms with van der Waals surface area (Å²) in [5.41, 5.74) is 3.10. The SMILES string of the molecule is Cc1cccc(NC(=O)COCCCCOc2cccc(C)c2)c1. The van der Waals surface area contributed by atoms with Gasteiger partial charge in [0.15, 0.2) is 0 Å². The van der Waals surface area contributed by atoms with Gasteiger partial charge in [0.2, 0.25) is 5.91 Å². The molecule has 0 spiro atoms. The van der Waals surface area contributed by atoms with Crippen molar-refractivity contribution in [1.29, 1.82) is 0 Å². The Bertz CT molecular complexity index is 655. The molecule has 0 saturated carbocycles. The molecule has 128 valence electrons. The number of benzene rings is 2. The molecule has 0 bridgehead atoms. The van der Waals surface area contributed by atoms with Gasteiger partial charge < -0.3 is 14.8 Å². The zero-order valence-corrected chi connectivity index (χ0v) is 14.4. The second-order valence-corrected chi connectivity index (χ2v) is 5.84. The first kappa shape index (κ1) is 18.0. The van der Waals surface area contributed by atoms with Crippen molar-refractivity contribution in [1.82, 2.24) is 0 Å². The number of aryl methyl sites for hydroxylation is 2. The van der Waals surface area contributed by atoms with Gasteiger partial charge in [0.1, 0.15) is 12.4 Å². The molecule has 0 aliphatic carbocycles. The highest BCUT2D eigenvalue weighted by atomic mass is 16.5. The van der Waals surface area contributed by atoms with Crippen molar-refractivity contribution >= 4 is 11.6 Å². The summed E-state index contributed by atoms with van der Waals surface area (Å²) in [6, 6.07) is 15.7. The molecule has 0 fully saturated rings. The standard InChI is InChI=1S/C20H25NO3/c1-16-7-5-9-18(13-16)21-20(22)15-23-11-3-4-12-24-19-10-6-8-17(2)14-19/h5-10,13-14H,3-4,11-12,15H2,1-2H3,(H,21,22). The largest absolute Gasteiger partial charge is 0.494 e. The molecule has 24 heavy (non-hydrogen) atoms. The summed E-state index contributed by atoms with van der Waals surface area (Å²) in [6.07, 6.45) is 1.76. The van der Waals surface area contributed by atoms with E-state index in [0.717, 1.165) is 29.8 Å². The summed E-state index contributed by atoms with van der Waals surface area (Å²) in [5, 5.41) is 2.82. The van der Waals surface area contributed by atoms with Crippen molar-refractivity contribution in [2.45, 2.75) is 26.7 Å². The summed E-state index contributed by atoms with van der Waals surface area (Å²) >= 11 is 0. The van der Waals surface area contributed by atoms with Crippen LogP contribution in [0.1, 0.15) is 24.0 Å².